The Morgan fingerprint density at radius 3 is 2.71 bits per heavy atom. The molecule has 0 atom stereocenters. The molecule has 2 aromatic rings. The molecule has 0 unspecified atom stereocenters. The number of nitrogen functional groups attached to an aromatic ring is 1. The molecule has 0 aliphatic heterocycles. The molecule has 0 aliphatic rings. The fraction of sp³-hybridized carbons (Fsp3) is 0.182. The van der Waals surface area contributed by atoms with Crippen molar-refractivity contribution in [2.24, 2.45) is 5.73 Å². The summed E-state index contributed by atoms with van der Waals surface area (Å²) in [5.74, 6) is -0.371. The van der Waals surface area contributed by atoms with E-state index < -0.39 is 15.9 Å². The van der Waals surface area contributed by atoms with Crippen LogP contribution in [-0.4, -0.2) is 31.0 Å². The van der Waals surface area contributed by atoms with E-state index in [1.165, 1.54) is 24.5 Å². The zero-order valence-electron chi connectivity index (χ0n) is 10.8. The van der Waals surface area contributed by atoms with Crippen molar-refractivity contribution < 1.29 is 17.7 Å². The Kier molecular flexibility index (Phi) is 4.19. The first-order valence-electron chi connectivity index (χ1n) is 5.84. The normalized spacial score (nSPS) is 11.4. The Balaban J connectivity index is 2.10. The van der Waals surface area contributed by atoms with E-state index in [1.807, 2.05) is 0 Å². The van der Waals surface area contributed by atoms with Gasteiger partial charge in [-0.1, -0.05) is 5.16 Å². The van der Waals surface area contributed by atoms with Crippen LogP contribution in [0.1, 0.15) is 16.2 Å². The number of nitrogens with two attached hydrogens (primary N) is 2. The van der Waals surface area contributed by atoms with Gasteiger partial charge in [0.2, 0.25) is 21.8 Å². The second-order valence-corrected chi connectivity index (χ2v) is 5.84. The minimum atomic E-state index is -3.80. The van der Waals surface area contributed by atoms with Crippen LogP contribution < -0.4 is 16.2 Å². The summed E-state index contributed by atoms with van der Waals surface area (Å²) in [7, 11) is -3.80. The number of hydrogen-bond acceptors (Lipinski definition) is 7. The van der Waals surface area contributed by atoms with Crippen molar-refractivity contribution in [3.05, 3.63) is 36.0 Å². The van der Waals surface area contributed by atoms with E-state index in [0.717, 1.165) is 0 Å². The number of nitrogens with zero attached hydrogens (tertiary/aromatic N) is 2. The van der Waals surface area contributed by atoms with Crippen molar-refractivity contribution in [1.82, 2.24) is 14.9 Å². The lowest BCUT2D eigenvalue weighted by Crippen LogP contribution is -2.27. The molecule has 0 spiro atoms. The lowest BCUT2D eigenvalue weighted by atomic mass is 10.2. The highest BCUT2D eigenvalue weighted by Gasteiger charge is 2.18. The number of carbonyl (C=O) groups excluding carboxylic acids is 1. The second kappa shape index (κ2) is 5.89. The predicted octanol–water partition coefficient (Wildman–Crippen LogP) is -0.728. The van der Waals surface area contributed by atoms with Gasteiger partial charge in [0.25, 0.3) is 0 Å². The molecule has 0 saturated carbocycles. The minimum Gasteiger partial charge on any atom is -0.398 e. The first-order valence-corrected chi connectivity index (χ1v) is 7.33. The zero-order chi connectivity index (χ0) is 15.5. The van der Waals surface area contributed by atoms with Gasteiger partial charge >= 0.3 is 0 Å². The van der Waals surface area contributed by atoms with Crippen LogP contribution in [0.3, 0.4) is 0 Å². The average Bonchev–Trinajstić information content (AvgIpc) is 2.91. The molecule has 1 aromatic carbocycles. The third-order valence-electron chi connectivity index (χ3n) is 2.62. The average molecular weight is 311 g/mol. The van der Waals surface area contributed by atoms with Crippen LogP contribution >= 0.6 is 0 Å². The molecule has 1 amide bonds. The third-order valence-corrected chi connectivity index (χ3v) is 4.16. The van der Waals surface area contributed by atoms with Crippen molar-refractivity contribution in [3.63, 3.8) is 0 Å². The van der Waals surface area contributed by atoms with E-state index in [-0.39, 0.29) is 29.1 Å². The molecule has 0 saturated heterocycles. The topological polar surface area (TPSA) is 154 Å². The fourth-order valence-corrected chi connectivity index (χ4v) is 2.77. The van der Waals surface area contributed by atoms with E-state index in [9.17, 15) is 13.2 Å². The number of nitrogens with one attached hydrogen (secondary N) is 1. The second-order valence-electron chi connectivity index (χ2n) is 4.10. The third kappa shape index (κ3) is 3.55. The van der Waals surface area contributed by atoms with Crippen molar-refractivity contribution in [1.29, 1.82) is 0 Å². The Hall–Kier alpha value is -2.46. The highest BCUT2D eigenvalue weighted by molar-refractivity contribution is 7.89. The number of rotatable bonds is 6. The summed E-state index contributed by atoms with van der Waals surface area (Å²) in [4.78, 5) is 14.6. The Bertz CT molecular complexity index is 742. The van der Waals surface area contributed by atoms with Gasteiger partial charge in [-0.2, -0.15) is 4.98 Å². The van der Waals surface area contributed by atoms with Crippen molar-refractivity contribution >= 4 is 21.6 Å². The summed E-state index contributed by atoms with van der Waals surface area (Å²) < 4.78 is 31.3. The van der Waals surface area contributed by atoms with Crippen LogP contribution in [0, 0.1) is 0 Å². The van der Waals surface area contributed by atoms with Crippen molar-refractivity contribution in [2.75, 3.05) is 12.3 Å². The van der Waals surface area contributed by atoms with Crippen LogP contribution in [0.5, 0.6) is 0 Å². The van der Waals surface area contributed by atoms with Gasteiger partial charge < -0.3 is 16.0 Å². The van der Waals surface area contributed by atoms with Gasteiger partial charge in [0.15, 0.2) is 6.33 Å². The van der Waals surface area contributed by atoms with Crippen molar-refractivity contribution in [2.45, 2.75) is 11.3 Å². The summed E-state index contributed by atoms with van der Waals surface area (Å²) in [5, 5.41) is 3.41. The predicted molar refractivity (Wildman–Crippen MR) is 72.6 cm³/mol. The molecule has 10 heteroatoms. The van der Waals surface area contributed by atoms with E-state index in [2.05, 4.69) is 14.9 Å². The van der Waals surface area contributed by atoms with Crippen molar-refractivity contribution in [3.8, 4) is 0 Å². The molecule has 1 aromatic heterocycles. The number of anilines is 1. The summed E-state index contributed by atoms with van der Waals surface area (Å²) in [5.41, 5.74) is 10.8. The maximum atomic E-state index is 12.1. The summed E-state index contributed by atoms with van der Waals surface area (Å²) in [6.45, 7) is 0.0710. The lowest BCUT2D eigenvalue weighted by Gasteiger charge is -2.09. The molecular formula is C11H13N5O4S. The number of hydrogen-bond donors (Lipinski definition) is 3. The summed E-state index contributed by atoms with van der Waals surface area (Å²) >= 11 is 0. The monoisotopic (exact) mass is 311 g/mol. The molecule has 9 nitrogen and oxygen atoms in total. The van der Waals surface area contributed by atoms with Gasteiger partial charge in [-0.3, -0.25) is 4.79 Å². The molecule has 21 heavy (non-hydrogen) atoms. The number of amides is 1. The lowest BCUT2D eigenvalue weighted by molar-refractivity contribution is 0.1000. The summed E-state index contributed by atoms with van der Waals surface area (Å²) in [6, 6.07) is 3.74. The highest BCUT2D eigenvalue weighted by Crippen LogP contribution is 2.19. The molecule has 5 N–H and O–H groups in total. The van der Waals surface area contributed by atoms with Crippen LogP contribution in [0.2, 0.25) is 0 Å². The van der Waals surface area contributed by atoms with Gasteiger partial charge in [0.1, 0.15) is 4.90 Å². The Morgan fingerprint density at radius 2 is 2.14 bits per heavy atom. The smallest absolute Gasteiger partial charge is 0.248 e. The number of sulfonamides is 1. The molecular weight excluding hydrogens is 298 g/mol. The number of carbonyl (C=O) groups is 1. The maximum absolute atomic E-state index is 12.1. The van der Waals surface area contributed by atoms with Crippen LogP contribution in [0.25, 0.3) is 0 Å². The largest absolute Gasteiger partial charge is 0.398 e. The fourth-order valence-electron chi connectivity index (χ4n) is 1.62. The minimum absolute atomic E-state index is 0.0587. The van der Waals surface area contributed by atoms with E-state index in [4.69, 9.17) is 16.0 Å². The first-order chi connectivity index (χ1) is 9.90. The highest BCUT2D eigenvalue weighted by atomic mass is 32.2. The SMILES string of the molecule is NC(=O)c1ccc(S(=O)(=O)NCCc2ncno2)c(N)c1. The molecule has 1 heterocycles. The number of aromatic nitrogens is 2. The Morgan fingerprint density at radius 1 is 1.38 bits per heavy atom. The molecule has 0 bridgehead atoms. The van der Waals surface area contributed by atoms with Gasteiger partial charge in [-0.05, 0) is 18.2 Å². The summed E-state index contributed by atoms with van der Waals surface area (Å²) in [6.07, 6.45) is 1.48. The zero-order valence-corrected chi connectivity index (χ0v) is 11.6. The van der Waals surface area contributed by atoms with Crippen LogP contribution in [0.4, 0.5) is 5.69 Å². The molecule has 0 aliphatic carbocycles. The van der Waals surface area contributed by atoms with Gasteiger partial charge in [-0.25, -0.2) is 13.1 Å². The van der Waals surface area contributed by atoms with Crippen LogP contribution in [0.15, 0.2) is 33.9 Å². The van der Waals surface area contributed by atoms with Gasteiger partial charge in [-0.15, -0.1) is 0 Å². The maximum Gasteiger partial charge on any atom is 0.248 e. The first kappa shape index (κ1) is 14.9. The quantitative estimate of drug-likeness (QED) is 0.594. The molecule has 0 fully saturated rings. The van der Waals surface area contributed by atoms with E-state index in [0.29, 0.717) is 5.89 Å². The van der Waals surface area contributed by atoms with E-state index >= 15 is 0 Å². The standard InChI is InChI=1S/C11H13N5O4S/c12-8-5-7(11(13)17)1-2-9(8)21(18,19)16-4-3-10-14-6-15-20-10/h1-2,5-6,16H,3-4,12H2,(H2,13,17). The molecule has 0 radical (unpaired) electrons. The number of benzene rings is 1. The Labute approximate surface area is 120 Å². The number of primary amides is 1. The van der Waals surface area contributed by atoms with Crippen LogP contribution in [-0.2, 0) is 16.4 Å². The molecule has 2 rings (SSSR count). The van der Waals surface area contributed by atoms with Gasteiger partial charge in [0.05, 0.1) is 5.69 Å². The van der Waals surface area contributed by atoms with E-state index in [1.54, 1.807) is 0 Å². The van der Waals surface area contributed by atoms with Gasteiger partial charge in [0, 0.05) is 18.5 Å². The molecule has 112 valence electrons.